The number of carbonyl (C=O) groups excluding carboxylic acids is 1. The van der Waals surface area contributed by atoms with Crippen LogP contribution in [-0.2, 0) is 14.8 Å². The van der Waals surface area contributed by atoms with Crippen molar-refractivity contribution in [3.63, 3.8) is 0 Å². The number of para-hydroxylation sites is 1. The Hall–Kier alpha value is -2.78. The van der Waals surface area contributed by atoms with E-state index in [0.717, 1.165) is 11.1 Å². The van der Waals surface area contributed by atoms with Crippen molar-refractivity contribution in [2.75, 3.05) is 47.0 Å². The number of hydrogen-bond acceptors (Lipinski definition) is 6. The van der Waals surface area contributed by atoms with Crippen LogP contribution in [0.5, 0.6) is 17.2 Å². The molecule has 1 aliphatic heterocycles. The minimum Gasteiger partial charge on any atom is -0.497 e. The maximum atomic E-state index is 13.2. The lowest BCUT2D eigenvalue weighted by Gasteiger charge is -2.34. The first-order valence-electron chi connectivity index (χ1n) is 9.97. The quantitative estimate of drug-likeness (QED) is 0.646. The van der Waals surface area contributed by atoms with E-state index in [1.54, 1.807) is 17.0 Å². The molecule has 0 radical (unpaired) electrons. The first kappa shape index (κ1) is 22.9. The third-order valence-electron chi connectivity index (χ3n) is 5.33. The molecule has 9 heteroatoms. The van der Waals surface area contributed by atoms with E-state index in [0.29, 0.717) is 24.6 Å². The van der Waals surface area contributed by atoms with E-state index in [4.69, 9.17) is 14.2 Å². The second kappa shape index (κ2) is 9.57. The SMILES string of the molecule is COc1ccc(OC)c(S(=O)(=O)N2CCN(C(=O)COc3c(C)cccc3C)CC2)c1. The molecule has 8 nitrogen and oxygen atoms in total. The highest BCUT2D eigenvalue weighted by molar-refractivity contribution is 7.89. The number of carbonyl (C=O) groups is 1. The Morgan fingerprint density at radius 1 is 0.968 bits per heavy atom. The topological polar surface area (TPSA) is 85.4 Å². The summed E-state index contributed by atoms with van der Waals surface area (Å²) in [5, 5.41) is 0. The largest absolute Gasteiger partial charge is 0.497 e. The molecule has 0 aromatic heterocycles. The van der Waals surface area contributed by atoms with Crippen LogP contribution in [0.1, 0.15) is 11.1 Å². The fraction of sp³-hybridized carbons (Fsp3) is 0.409. The van der Waals surface area contributed by atoms with Crippen LogP contribution in [0.4, 0.5) is 0 Å². The van der Waals surface area contributed by atoms with Gasteiger partial charge < -0.3 is 19.1 Å². The lowest BCUT2D eigenvalue weighted by molar-refractivity contribution is -0.134. The summed E-state index contributed by atoms with van der Waals surface area (Å²) in [5.41, 5.74) is 1.94. The van der Waals surface area contributed by atoms with Crippen molar-refractivity contribution in [1.29, 1.82) is 0 Å². The van der Waals surface area contributed by atoms with Gasteiger partial charge in [0.05, 0.1) is 14.2 Å². The molecule has 0 unspecified atom stereocenters. The van der Waals surface area contributed by atoms with Crippen LogP contribution in [-0.4, -0.2) is 70.5 Å². The number of hydrogen-bond donors (Lipinski definition) is 0. The predicted octanol–water partition coefficient (Wildman–Crippen LogP) is 2.23. The van der Waals surface area contributed by atoms with Crippen LogP contribution in [0.3, 0.4) is 0 Å². The zero-order valence-electron chi connectivity index (χ0n) is 18.3. The zero-order chi connectivity index (χ0) is 22.6. The molecular weight excluding hydrogens is 420 g/mol. The van der Waals surface area contributed by atoms with Gasteiger partial charge >= 0.3 is 0 Å². The van der Waals surface area contributed by atoms with Crippen LogP contribution in [0.25, 0.3) is 0 Å². The summed E-state index contributed by atoms with van der Waals surface area (Å²) in [6.07, 6.45) is 0. The fourth-order valence-electron chi connectivity index (χ4n) is 3.55. The van der Waals surface area contributed by atoms with Crippen molar-refractivity contribution in [3.8, 4) is 17.2 Å². The first-order valence-corrected chi connectivity index (χ1v) is 11.4. The summed E-state index contributed by atoms with van der Waals surface area (Å²) in [7, 11) is -0.894. The molecule has 1 heterocycles. The van der Waals surface area contributed by atoms with Crippen LogP contribution < -0.4 is 14.2 Å². The van der Waals surface area contributed by atoms with E-state index in [2.05, 4.69) is 0 Å². The highest BCUT2D eigenvalue weighted by Crippen LogP contribution is 2.31. The van der Waals surface area contributed by atoms with Crippen LogP contribution >= 0.6 is 0 Å². The van der Waals surface area contributed by atoms with Gasteiger partial charge in [-0.15, -0.1) is 0 Å². The zero-order valence-corrected chi connectivity index (χ0v) is 19.1. The number of amides is 1. The van der Waals surface area contributed by atoms with Gasteiger partial charge in [0.15, 0.2) is 6.61 Å². The number of rotatable bonds is 7. The normalized spacial score (nSPS) is 14.9. The summed E-state index contributed by atoms with van der Waals surface area (Å²) < 4.78 is 43.8. The molecule has 3 rings (SSSR count). The van der Waals surface area contributed by atoms with Gasteiger partial charge in [0.25, 0.3) is 5.91 Å². The third-order valence-corrected chi connectivity index (χ3v) is 7.25. The van der Waals surface area contributed by atoms with Gasteiger partial charge in [-0.25, -0.2) is 8.42 Å². The van der Waals surface area contributed by atoms with Crippen LogP contribution in [0, 0.1) is 13.8 Å². The van der Waals surface area contributed by atoms with Gasteiger partial charge in [-0.2, -0.15) is 4.31 Å². The van der Waals surface area contributed by atoms with Crippen molar-refractivity contribution in [2.45, 2.75) is 18.7 Å². The second-order valence-electron chi connectivity index (χ2n) is 7.31. The van der Waals surface area contributed by atoms with Crippen LogP contribution in [0.15, 0.2) is 41.3 Å². The molecule has 0 aliphatic carbocycles. The predicted molar refractivity (Wildman–Crippen MR) is 116 cm³/mol. The van der Waals surface area contributed by atoms with Crippen LogP contribution in [0.2, 0.25) is 0 Å². The number of piperazine rings is 1. The van der Waals surface area contributed by atoms with E-state index in [-0.39, 0.29) is 36.2 Å². The lowest BCUT2D eigenvalue weighted by Crippen LogP contribution is -2.51. The summed E-state index contributed by atoms with van der Waals surface area (Å²) in [4.78, 5) is 14.3. The Kier molecular flexibility index (Phi) is 7.07. The maximum absolute atomic E-state index is 13.2. The number of ether oxygens (including phenoxy) is 3. The monoisotopic (exact) mass is 448 g/mol. The summed E-state index contributed by atoms with van der Waals surface area (Å²) in [6, 6.07) is 10.5. The average molecular weight is 449 g/mol. The molecule has 1 amide bonds. The van der Waals surface area contributed by atoms with Crippen molar-refractivity contribution < 1.29 is 27.4 Å². The number of methoxy groups -OCH3 is 2. The molecule has 168 valence electrons. The second-order valence-corrected chi connectivity index (χ2v) is 9.22. The van der Waals surface area contributed by atoms with E-state index < -0.39 is 10.0 Å². The smallest absolute Gasteiger partial charge is 0.260 e. The standard InChI is InChI=1S/C22H28N2O6S/c1-16-6-5-7-17(2)22(16)30-15-21(25)23-10-12-24(13-11-23)31(26,27)20-14-18(28-3)8-9-19(20)29-4/h5-9,14H,10-13,15H2,1-4H3. The summed E-state index contributed by atoms with van der Waals surface area (Å²) in [6.45, 7) is 4.76. The van der Waals surface area contributed by atoms with Crippen molar-refractivity contribution in [1.82, 2.24) is 9.21 Å². The molecule has 1 fully saturated rings. The Bertz CT molecular complexity index is 1030. The highest BCUT2D eigenvalue weighted by Gasteiger charge is 2.32. The van der Waals surface area contributed by atoms with Crippen molar-refractivity contribution >= 4 is 15.9 Å². The fourth-order valence-corrected chi connectivity index (χ4v) is 5.15. The molecule has 1 aliphatic rings. The third kappa shape index (κ3) is 4.94. The Morgan fingerprint density at radius 2 is 1.61 bits per heavy atom. The van der Waals surface area contributed by atoms with Crippen molar-refractivity contribution in [2.24, 2.45) is 0 Å². The minimum atomic E-state index is -3.79. The molecule has 2 aromatic rings. The number of nitrogens with zero attached hydrogens (tertiary/aromatic N) is 2. The van der Waals surface area contributed by atoms with Gasteiger partial charge in [-0.3, -0.25) is 4.79 Å². The van der Waals surface area contributed by atoms with E-state index in [1.807, 2.05) is 32.0 Å². The molecule has 0 spiro atoms. The average Bonchev–Trinajstić information content (AvgIpc) is 2.78. The summed E-state index contributed by atoms with van der Waals surface area (Å²) >= 11 is 0. The van der Waals surface area contributed by atoms with Gasteiger partial charge in [-0.1, -0.05) is 18.2 Å². The van der Waals surface area contributed by atoms with E-state index in [1.165, 1.54) is 24.6 Å². The summed E-state index contributed by atoms with van der Waals surface area (Å²) in [5.74, 6) is 1.22. The Morgan fingerprint density at radius 3 is 2.19 bits per heavy atom. The van der Waals surface area contributed by atoms with Gasteiger partial charge in [-0.05, 0) is 37.1 Å². The lowest BCUT2D eigenvalue weighted by atomic mass is 10.1. The van der Waals surface area contributed by atoms with E-state index >= 15 is 0 Å². The Labute approximate surface area is 183 Å². The molecule has 0 saturated carbocycles. The van der Waals surface area contributed by atoms with Crippen molar-refractivity contribution in [3.05, 3.63) is 47.5 Å². The molecule has 1 saturated heterocycles. The van der Waals surface area contributed by atoms with Gasteiger partial charge in [0, 0.05) is 32.2 Å². The number of sulfonamides is 1. The maximum Gasteiger partial charge on any atom is 0.260 e. The molecule has 0 N–H and O–H groups in total. The molecular formula is C22H28N2O6S. The Balaban J connectivity index is 1.64. The number of aryl methyl sites for hydroxylation is 2. The van der Waals surface area contributed by atoms with E-state index in [9.17, 15) is 13.2 Å². The van der Waals surface area contributed by atoms with Gasteiger partial charge in [0.2, 0.25) is 10.0 Å². The first-order chi connectivity index (χ1) is 14.8. The molecule has 31 heavy (non-hydrogen) atoms. The minimum absolute atomic E-state index is 0.0486. The number of benzene rings is 2. The molecule has 0 atom stereocenters. The highest BCUT2D eigenvalue weighted by atomic mass is 32.2. The molecule has 0 bridgehead atoms. The molecule has 2 aromatic carbocycles. The van der Waals surface area contributed by atoms with Gasteiger partial charge in [0.1, 0.15) is 22.1 Å².